The Labute approximate surface area is 164 Å². The predicted octanol–water partition coefficient (Wildman–Crippen LogP) is 4.04. The molecule has 2 aromatic heterocycles. The summed E-state index contributed by atoms with van der Waals surface area (Å²) in [5.41, 5.74) is 4.11. The first kappa shape index (κ1) is 17.6. The second kappa shape index (κ2) is 6.72. The van der Waals surface area contributed by atoms with Crippen molar-refractivity contribution < 1.29 is 4.79 Å². The standard InChI is InChI=1S/C19H15Cl2N5O/c1-25-18-13(11-8-23-24-9-11)3-2-4-16(18)26(19(25)22)10-17(27)14-6-5-12(20)7-15(14)21/h2-9,22H,10H2,1H3,(H,23,24). The molecule has 27 heavy (non-hydrogen) atoms. The van der Waals surface area contributed by atoms with E-state index < -0.39 is 0 Å². The maximum Gasteiger partial charge on any atom is 0.203 e. The van der Waals surface area contributed by atoms with Crippen molar-refractivity contribution >= 4 is 40.0 Å². The molecule has 2 N–H and O–H groups in total. The van der Waals surface area contributed by atoms with Gasteiger partial charge in [-0.25, -0.2) is 0 Å². The summed E-state index contributed by atoms with van der Waals surface area (Å²) in [6, 6.07) is 10.6. The largest absolute Gasteiger partial charge is 0.313 e. The summed E-state index contributed by atoms with van der Waals surface area (Å²) in [5, 5.41) is 16.1. The van der Waals surface area contributed by atoms with Gasteiger partial charge in [0.05, 0.1) is 28.8 Å². The lowest BCUT2D eigenvalue weighted by Gasteiger charge is -2.07. The van der Waals surface area contributed by atoms with Crippen molar-refractivity contribution in [2.45, 2.75) is 6.54 Å². The number of halogens is 2. The van der Waals surface area contributed by atoms with Gasteiger partial charge in [-0.2, -0.15) is 5.10 Å². The van der Waals surface area contributed by atoms with E-state index in [1.807, 2.05) is 25.2 Å². The maximum absolute atomic E-state index is 12.8. The summed E-state index contributed by atoms with van der Waals surface area (Å²) in [7, 11) is 1.81. The molecule has 2 aromatic carbocycles. The Balaban J connectivity index is 1.83. The summed E-state index contributed by atoms with van der Waals surface area (Å²) in [6.45, 7) is 0.00632. The SMILES string of the molecule is Cn1c(=N)n(CC(=O)c2ccc(Cl)cc2Cl)c2cccc(-c3cn[nH]c3)c21. The molecule has 4 rings (SSSR count). The number of Topliss-reactive ketones (excluding diaryl/α,β-unsaturated/α-hetero) is 1. The van der Waals surface area contributed by atoms with Crippen LogP contribution < -0.4 is 5.62 Å². The van der Waals surface area contributed by atoms with E-state index in [2.05, 4.69) is 10.2 Å². The van der Waals surface area contributed by atoms with Crippen molar-refractivity contribution in [1.82, 2.24) is 19.3 Å². The summed E-state index contributed by atoms with van der Waals surface area (Å²) < 4.78 is 3.43. The van der Waals surface area contributed by atoms with Crippen molar-refractivity contribution in [3.8, 4) is 11.1 Å². The molecule has 4 aromatic rings. The van der Waals surface area contributed by atoms with Gasteiger partial charge in [0, 0.05) is 35.0 Å². The number of fused-ring (bicyclic) bond motifs is 1. The fourth-order valence-corrected chi connectivity index (χ4v) is 3.75. The molecule has 0 amide bonds. The van der Waals surface area contributed by atoms with E-state index in [0.29, 0.717) is 15.6 Å². The highest BCUT2D eigenvalue weighted by atomic mass is 35.5. The molecule has 0 aliphatic carbocycles. The summed E-state index contributed by atoms with van der Waals surface area (Å²) >= 11 is 12.1. The first-order valence-corrected chi connectivity index (χ1v) is 8.93. The lowest BCUT2D eigenvalue weighted by molar-refractivity contribution is 0.0971. The van der Waals surface area contributed by atoms with Crippen molar-refractivity contribution in [1.29, 1.82) is 5.41 Å². The molecule has 0 saturated heterocycles. The Morgan fingerprint density at radius 1 is 1.26 bits per heavy atom. The number of H-pyrrole nitrogens is 1. The van der Waals surface area contributed by atoms with Gasteiger partial charge in [-0.3, -0.25) is 15.3 Å². The van der Waals surface area contributed by atoms with Crippen LogP contribution in [0, 0.1) is 5.41 Å². The number of imidazole rings is 1. The monoisotopic (exact) mass is 399 g/mol. The molecule has 6 nitrogen and oxygen atoms in total. The molecule has 136 valence electrons. The van der Waals surface area contributed by atoms with E-state index in [0.717, 1.165) is 22.2 Å². The highest BCUT2D eigenvalue weighted by Gasteiger charge is 2.18. The fourth-order valence-electron chi connectivity index (χ4n) is 3.24. The van der Waals surface area contributed by atoms with Gasteiger partial charge in [0.2, 0.25) is 5.62 Å². The molecule has 0 fully saturated rings. The number of aryl methyl sites for hydroxylation is 1. The third kappa shape index (κ3) is 2.97. The second-order valence-corrected chi connectivity index (χ2v) is 7.02. The van der Waals surface area contributed by atoms with Crippen LogP contribution in [0.1, 0.15) is 10.4 Å². The molecular formula is C19H15Cl2N5O. The first-order valence-electron chi connectivity index (χ1n) is 8.17. The summed E-state index contributed by atoms with van der Waals surface area (Å²) in [6.07, 6.45) is 3.53. The number of rotatable bonds is 4. The molecule has 0 atom stereocenters. The smallest absolute Gasteiger partial charge is 0.203 e. The second-order valence-electron chi connectivity index (χ2n) is 6.18. The Morgan fingerprint density at radius 2 is 2.07 bits per heavy atom. The highest BCUT2D eigenvalue weighted by molar-refractivity contribution is 6.36. The van der Waals surface area contributed by atoms with Crippen molar-refractivity contribution in [3.05, 3.63) is 70.0 Å². The third-order valence-corrected chi connectivity index (χ3v) is 5.10. The Hall–Kier alpha value is -2.83. The third-order valence-electron chi connectivity index (χ3n) is 4.56. The Kier molecular flexibility index (Phi) is 4.37. The minimum Gasteiger partial charge on any atom is -0.313 e. The van der Waals surface area contributed by atoms with Crippen molar-refractivity contribution in [2.75, 3.05) is 0 Å². The zero-order chi connectivity index (χ0) is 19.1. The zero-order valence-corrected chi connectivity index (χ0v) is 15.8. The van der Waals surface area contributed by atoms with Gasteiger partial charge in [0.15, 0.2) is 5.78 Å². The number of nitrogens with zero attached hydrogens (tertiary/aromatic N) is 3. The summed E-state index contributed by atoms with van der Waals surface area (Å²) in [4.78, 5) is 12.8. The molecule has 0 saturated carbocycles. The summed E-state index contributed by atoms with van der Waals surface area (Å²) in [5.74, 6) is -0.184. The first-order chi connectivity index (χ1) is 13.0. The van der Waals surface area contributed by atoms with Gasteiger partial charge in [0.25, 0.3) is 0 Å². The molecule has 0 spiro atoms. The van der Waals surface area contributed by atoms with Gasteiger partial charge in [-0.05, 0) is 24.3 Å². The Bertz CT molecular complexity index is 1220. The molecule has 2 heterocycles. The average Bonchev–Trinajstić information content (AvgIpc) is 3.25. The molecule has 0 unspecified atom stereocenters. The topological polar surface area (TPSA) is 79.5 Å². The molecule has 0 radical (unpaired) electrons. The van der Waals surface area contributed by atoms with Crippen LogP contribution in [-0.4, -0.2) is 25.1 Å². The van der Waals surface area contributed by atoms with Crippen LogP contribution in [0.2, 0.25) is 10.0 Å². The number of hydrogen-bond acceptors (Lipinski definition) is 3. The van der Waals surface area contributed by atoms with Gasteiger partial charge >= 0.3 is 0 Å². The quantitative estimate of drug-likeness (QED) is 0.507. The molecule has 0 bridgehead atoms. The van der Waals surface area contributed by atoms with Gasteiger partial charge in [-0.15, -0.1) is 0 Å². The van der Waals surface area contributed by atoms with Crippen LogP contribution in [0.15, 0.2) is 48.8 Å². The number of carbonyl (C=O) groups excluding carboxylic acids is 1. The van der Waals surface area contributed by atoms with Crippen LogP contribution in [0.4, 0.5) is 0 Å². The van der Waals surface area contributed by atoms with E-state index in [1.165, 1.54) is 0 Å². The number of aromatic amines is 1. The van der Waals surface area contributed by atoms with Crippen LogP contribution in [-0.2, 0) is 13.6 Å². The maximum atomic E-state index is 12.8. The molecule has 0 aliphatic rings. The number of nitrogens with one attached hydrogen (secondary N) is 2. The van der Waals surface area contributed by atoms with Crippen LogP contribution in [0.3, 0.4) is 0 Å². The minimum absolute atomic E-state index is 0.00632. The van der Waals surface area contributed by atoms with Crippen LogP contribution in [0.25, 0.3) is 22.2 Å². The van der Waals surface area contributed by atoms with Gasteiger partial charge in [0.1, 0.15) is 0 Å². The average molecular weight is 400 g/mol. The number of ketones is 1. The lowest BCUT2D eigenvalue weighted by atomic mass is 10.1. The van der Waals surface area contributed by atoms with Gasteiger partial charge in [-0.1, -0.05) is 35.3 Å². The van der Waals surface area contributed by atoms with E-state index in [4.69, 9.17) is 28.6 Å². The van der Waals surface area contributed by atoms with Crippen molar-refractivity contribution in [2.24, 2.45) is 7.05 Å². The molecule has 8 heteroatoms. The number of aromatic nitrogens is 4. The number of benzene rings is 2. The van der Waals surface area contributed by atoms with E-state index in [1.54, 1.807) is 39.7 Å². The zero-order valence-electron chi connectivity index (χ0n) is 14.3. The van der Waals surface area contributed by atoms with Crippen LogP contribution in [0.5, 0.6) is 0 Å². The minimum atomic E-state index is -0.184. The highest BCUT2D eigenvalue weighted by Crippen LogP contribution is 2.28. The Morgan fingerprint density at radius 3 is 2.78 bits per heavy atom. The van der Waals surface area contributed by atoms with E-state index in [9.17, 15) is 4.79 Å². The lowest BCUT2D eigenvalue weighted by Crippen LogP contribution is -2.26. The van der Waals surface area contributed by atoms with E-state index >= 15 is 0 Å². The van der Waals surface area contributed by atoms with E-state index in [-0.39, 0.29) is 17.9 Å². The molecular weight excluding hydrogens is 385 g/mol. The normalized spacial score (nSPS) is 11.2. The number of carbonyl (C=O) groups is 1. The van der Waals surface area contributed by atoms with Crippen LogP contribution >= 0.6 is 23.2 Å². The number of hydrogen-bond donors (Lipinski definition) is 2. The predicted molar refractivity (Wildman–Crippen MR) is 105 cm³/mol. The fraction of sp³-hybridized carbons (Fsp3) is 0.105. The van der Waals surface area contributed by atoms with Gasteiger partial charge < -0.3 is 9.13 Å². The molecule has 0 aliphatic heterocycles. The number of para-hydroxylation sites is 1. The van der Waals surface area contributed by atoms with Crippen molar-refractivity contribution in [3.63, 3.8) is 0 Å².